The third kappa shape index (κ3) is 2.97. The summed E-state index contributed by atoms with van der Waals surface area (Å²) in [5.74, 6) is 0.1000. The maximum absolute atomic E-state index is 12.3. The second-order valence-corrected chi connectivity index (χ2v) is 5.06. The van der Waals surface area contributed by atoms with Crippen LogP contribution in [0, 0.1) is 0 Å². The molecule has 2 rings (SSSR count). The van der Waals surface area contributed by atoms with Crippen molar-refractivity contribution in [1.29, 1.82) is 0 Å². The van der Waals surface area contributed by atoms with Crippen molar-refractivity contribution in [2.75, 3.05) is 19.6 Å². The number of rotatable bonds is 2. The molecule has 5 nitrogen and oxygen atoms in total. The highest BCUT2D eigenvalue weighted by molar-refractivity contribution is 5.81. The third-order valence-electron chi connectivity index (χ3n) is 3.41. The van der Waals surface area contributed by atoms with Gasteiger partial charge in [-0.1, -0.05) is 0 Å². The Kier molecular flexibility index (Phi) is 4.01. The molecule has 2 heterocycles. The molecule has 2 aliphatic rings. The van der Waals surface area contributed by atoms with Crippen LogP contribution < -0.4 is 5.73 Å². The molecular weight excluding hydrogens is 220 g/mol. The number of amides is 1. The van der Waals surface area contributed by atoms with Crippen LogP contribution in [0.1, 0.15) is 26.7 Å². The second kappa shape index (κ2) is 5.33. The topological polar surface area (TPSA) is 64.8 Å². The normalized spacial score (nSPS) is 38.4. The molecule has 0 bridgehead atoms. The van der Waals surface area contributed by atoms with Crippen LogP contribution in [0.15, 0.2) is 0 Å². The Morgan fingerprint density at radius 2 is 2.00 bits per heavy atom. The van der Waals surface area contributed by atoms with Gasteiger partial charge in [0.1, 0.15) is 6.10 Å². The van der Waals surface area contributed by atoms with E-state index in [4.69, 9.17) is 15.2 Å². The van der Waals surface area contributed by atoms with Crippen LogP contribution in [-0.2, 0) is 14.3 Å². The molecule has 2 aliphatic heterocycles. The maximum atomic E-state index is 12.3. The quantitative estimate of drug-likeness (QED) is 0.747. The van der Waals surface area contributed by atoms with Crippen molar-refractivity contribution in [2.45, 2.75) is 51.1 Å². The zero-order chi connectivity index (χ0) is 12.4. The van der Waals surface area contributed by atoms with E-state index in [1.54, 1.807) is 0 Å². The SMILES string of the molecule is CC1CN(C(=O)C2CCC(C)O2)CC(CN)O1. The Morgan fingerprint density at radius 1 is 1.24 bits per heavy atom. The molecule has 0 aromatic rings. The predicted octanol–water partition coefficient (Wildman–Crippen LogP) is 0.129. The fourth-order valence-corrected chi connectivity index (χ4v) is 2.54. The lowest BCUT2D eigenvalue weighted by atomic mass is 10.1. The van der Waals surface area contributed by atoms with E-state index in [9.17, 15) is 4.79 Å². The molecule has 5 heteroatoms. The maximum Gasteiger partial charge on any atom is 0.251 e. The van der Waals surface area contributed by atoms with Gasteiger partial charge in [0, 0.05) is 19.6 Å². The minimum Gasteiger partial charge on any atom is -0.370 e. The van der Waals surface area contributed by atoms with Crippen molar-refractivity contribution in [1.82, 2.24) is 4.90 Å². The zero-order valence-electron chi connectivity index (χ0n) is 10.6. The van der Waals surface area contributed by atoms with Gasteiger partial charge in [-0.3, -0.25) is 4.79 Å². The van der Waals surface area contributed by atoms with Crippen molar-refractivity contribution in [3.63, 3.8) is 0 Å². The van der Waals surface area contributed by atoms with Gasteiger partial charge in [-0.15, -0.1) is 0 Å². The fraction of sp³-hybridized carbons (Fsp3) is 0.917. The summed E-state index contributed by atoms with van der Waals surface area (Å²) in [7, 11) is 0. The first-order valence-electron chi connectivity index (χ1n) is 6.40. The Hall–Kier alpha value is -0.650. The van der Waals surface area contributed by atoms with Crippen LogP contribution in [0.25, 0.3) is 0 Å². The zero-order valence-corrected chi connectivity index (χ0v) is 10.6. The molecule has 0 spiro atoms. The first kappa shape index (κ1) is 12.8. The number of carbonyl (C=O) groups excluding carboxylic acids is 1. The largest absolute Gasteiger partial charge is 0.370 e. The summed E-state index contributed by atoms with van der Waals surface area (Å²) in [5, 5.41) is 0. The second-order valence-electron chi connectivity index (χ2n) is 5.06. The van der Waals surface area contributed by atoms with Gasteiger partial charge in [-0.2, -0.15) is 0 Å². The number of nitrogens with zero attached hydrogens (tertiary/aromatic N) is 1. The first-order valence-corrected chi connectivity index (χ1v) is 6.40. The number of hydrogen-bond acceptors (Lipinski definition) is 4. The predicted molar refractivity (Wildman–Crippen MR) is 63.5 cm³/mol. The van der Waals surface area contributed by atoms with E-state index in [1.165, 1.54) is 0 Å². The minimum absolute atomic E-state index is 0.0403. The molecule has 0 saturated carbocycles. The van der Waals surface area contributed by atoms with E-state index in [2.05, 4.69) is 0 Å². The van der Waals surface area contributed by atoms with Gasteiger partial charge < -0.3 is 20.1 Å². The summed E-state index contributed by atoms with van der Waals surface area (Å²) in [4.78, 5) is 14.1. The average Bonchev–Trinajstić information content (AvgIpc) is 2.74. The van der Waals surface area contributed by atoms with E-state index in [0.717, 1.165) is 12.8 Å². The molecular formula is C12H22N2O3. The summed E-state index contributed by atoms with van der Waals surface area (Å²) < 4.78 is 11.3. The molecule has 0 aliphatic carbocycles. The van der Waals surface area contributed by atoms with E-state index in [-0.39, 0.29) is 30.3 Å². The van der Waals surface area contributed by atoms with E-state index in [0.29, 0.717) is 19.6 Å². The molecule has 4 unspecified atom stereocenters. The van der Waals surface area contributed by atoms with Gasteiger partial charge in [0.25, 0.3) is 5.91 Å². The standard InChI is InChI=1S/C12H22N2O3/c1-8-3-4-11(17-8)12(15)14-6-9(2)16-10(5-13)7-14/h8-11H,3-7,13H2,1-2H3. The first-order chi connectivity index (χ1) is 8.10. The van der Waals surface area contributed by atoms with Crippen LogP contribution >= 0.6 is 0 Å². The smallest absolute Gasteiger partial charge is 0.251 e. The minimum atomic E-state index is -0.256. The Morgan fingerprint density at radius 3 is 2.59 bits per heavy atom. The molecule has 17 heavy (non-hydrogen) atoms. The number of nitrogens with two attached hydrogens (primary N) is 1. The van der Waals surface area contributed by atoms with Gasteiger partial charge in [-0.25, -0.2) is 0 Å². The molecule has 98 valence electrons. The van der Waals surface area contributed by atoms with Crippen LogP contribution in [0.2, 0.25) is 0 Å². The Labute approximate surface area is 102 Å². The van der Waals surface area contributed by atoms with Gasteiger partial charge in [0.05, 0.1) is 18.3 Å². The Bertz CT molecular complexity index is 285. The number of carbonyl (C=O) groups is 1. The van der Waals surface area contributed by atoms with E-state index in [1.807, 2.05) is 18.7 Å². The lowest BCUT2D eigenvalue weighted by Crippen LogP contribution is -2.53. The van der Waals surface area contributed by atoms with Gasteiger partial charge in [-0.05, 0) is 26.7 Å². The third-order valence-corrected chi connectivity index (χ3v) is 3.41. The average molecular weight is 242 g/mol. The van der Waals surface area contributed by atoms with Crippen molar-refractivity contribution in [2.24, 2.45) is 5.73 Å². The van der Waals surface area contributed by atoms with E-state index >= 15 is 0 Å². The number of hydrogen-bond donors (Lipinski definition) is 1. The summed E-state index contributed by atoms with van der Waals surface area (Å²) in [6, 6.07) is 0. The van der Waals surface area contributed by atoms with Crippen molar-refractivity contribution in [3.05, 3.63) is 0 Å². The lowest BCUT2D eigenvalue weighted by molar-refractivity contribution is -0.154. The van der Waals surface area contributed by atoms with Gasteiger partial charge >= 0.3 is 0 Å². The van der Waals surface area contributed by atoms with Crippen LogP contribution in [0.3, 0.4) is 0 Å². The molecule has 2 saturated heterocycles. The lowest BCUT2D eigenvalue weighted by Gasteiger charge is -2.37. The van der Waals surface area contributed by atoms with Crippen LogP contribution in [-0.4, -0.2) is 54.9 Å². The fourth-order valence-electron chi connectivity index (χ4n) is 2.54. The molecule has 4 atom stereocenters. The highest BCUT2D eigenvalue weighted by atomic mass is 16.5. The summed E-state index contributed by atoms with van der Waals surface area (Å²) >= 11 is 0. The number of morpholine rings is 1. The van der Waals surface area contributed by atoms with E-state index < -0.39 is 0 Å². The molecule has 0 aromatic heterocycles. The molecule has 1 amide bonds. The highest BCUT2D eigenvalue weighted by Crippen LogP contribution is 2.22. The monoisotopic (exact) mass is 242 g/mol. The Balaban J connectivity index is 1.94. The number of ether oxygens (including phenoxy) is 2. The van der Waals surface area contributed by atoms with Gasteiger partial charge in [0.2, 0.25) is 0 Å². The van der Waals surface area contributed by atoms with Crippen molar-refractivity contribution >= 4 is 5.91 Å². The van der Waals surface area contributed by atoms with Gasteiger partial charge in [0.15, 0.2) is 0 Å². The molecule has 2 N–H and O–H groups in total. The molecule has 0 radical (unpaired) electrons. The summed E-state index contributed by atoms with van der Waals surface area (Å²) in [5.41, 5.74) is 5.61. The van der Waals surface area contributed by atoms with Crippen molar-refractivity contribution < 1.29 is 14.3 Å². The summed E-state index contributed by atoms with van der Waals surface area (Å²) in [6.07, 6.45) is 1.76. The summed E-state index contributed by atoms with van der Waals surface area (Å²) in [6.45, 7) is 5.67. The van der Waals surface area contributed by atoms with Crippen LogP contribution in [0.5, 0.6) is 0 Å². The molecule has 0 aromatic carbocycles. The highest BCUT2D eigenvalue weighted by Gasteiger charge is 2.35. The van der Waals surface area contributed by atoms with Crippen LogP contribution in [0.4, 0.5) is 0 Å². The van der Waals surface area contributed by atoms with Crippen molar-refractivity contribution in [3.8, 4) is 0 Å². The molecule has 2 fully saturated rings.